The van der Waals surface area contributed by atoms with Crippen LogP contribution in [-0.4, -0.2) is 64.9 Å². The summed E-state index contributed by atoms with van der Waals surface area (Å²) in [6.45, 7) is 0.820. The molecule has 0 aromatic rings. The molecule has 0 radical (unpaired) electrons. The molecule has 1 aliphatic heterocycles. The quantitative estimate of drug-likeness (QED) is 0.267. The van der Waals surface area contributed by atoms with E-state index >= 15 is 0 Å². The second kappa shape index (κ2) is 10.7. The number of carbonyl (C=O) groups excluding carboxylic acids is 3. The number of nitrogens with zero attached hydrogens (tertiary/aromatic N) is 1. The van der Waals surface area contributed by atoms with E-state index in [4.69, 9.17) is 17.2 Å². The molecule has 3 unspecified atom stereocenters. The zero-order valence-corrected chi connectivity index (χ0v) is 14.9. The minimum absolute atomic E-state index is 0.0140. The number of rotatable bonds is 11. The number of carboxylic acids is 1. The lowest BCUT2D eigenvalue weighted by atomic mass is 10.1. The van der Waals surface area contributed by atoms with E-state index in [2.05, 4.69) is 5.32 Å². The molecule has 3 amide bonds. The van der Waals surface area contributed by atoms with Crippen molar-refractivity contribution < 1.29 is 24.3 Å². The molecule has 0 aromatic heterocycles. The largest absolute Gasteiger partial charge is 0.480 e. The van der Waals surface area contributed by atoms with Crippen LogP contribution >= 0.6 is 0 Å². The maximum atomic E-state index is 12.5. The molecule has 0 saturated carbocycles. The Bertz CT molecular complexity index is 527. The van der Waals surface area contributed by atoms with E-state index in [0.717, 1.165) is 0 Å². The van der Waals surface area contributed by atoms with Crippen LogP contribution in [0.1, 0.15) is 44.9 Å². The van der Waals surface area contributed by atoms with Crippen LogP contribution < -0.4 is 22.5 Å². The van der Waals surface area contributed by atoms with Crippen molar-refractivity contribution in [3.05, 3.63) is 0 Å². The molecule has 1 saturated heterocycles. The molecule has 0 aromatic carbocycles. The van der Waals surface area contributed by atoms with Crippen LogP contribution in [0.2, 0.25) is 0 Å². The first-order chi connectivity index (χ1) is 12.3. The van der Waals surface area contributed by atoms with Gasteiger partial charge in [-0.1, -0.05) is 0 Å². The van der Waals surface area contributed by atoms with E-state index < -0.39 is 41.8 Å². The number of hydrogen-bond acceptors (Lipinski definition) is 6. The van der Waals surface area contributed by atoms with E-state index in [0.29, 0.717) is 38.8 Å². The number of nitrogens with one attached hydrogen (secondary N) is 1. The zero-order valence-electron chi connectivity index (χ0n) is 14.9. The van der Waals surface area contributed by atoms with Crippen molar-refractivity contribution in [1.82, 2.24) is 10.2 Å². The van der Waals surface area contributed by atoms with Gasteiger partial charge >= 0.3 is 5.97 Å². The molecule has 8 N–H and O–H groups in total. The fourth-order valence-electron chi connectivity index (χ4n) is 2.96. The van der Waals surface area contributed by atoms with Crippen LogP contribution in [0.4, 0.5) is 0 Å². The first-order valence-electron chi connectivity index (χ1n) is 8.85. The summed E-state index contributed by atoms with van der Waals surface area (Å²) in [5.74, 6) is -2.60. The predicted molar refractivity (Wildman–Crippen MR) is 93.6 cm³/mol. The van der Waals surface area contributed by atoms with E-state index in [1.54, 1.807) is 0 Å². The van der Waals surface area contributed by atoms with Gasteiger partial charge in [0, 0.05) is 13.0 Å². The molecule has 0 bridgehead atoms. The van der Waals surface area contributed by atoms with Crippen molar-refractivity contribution in [2.24, 2.45) is 17.2 Å². The number of likely N-dealkylation sites (tertiary alicyclic amines) is 1. The number of nitrogens with two attached hydrogens (primary N) is 3. The Kier molecular flexibility index (Phi) is 9.00. The highest BCUT2D eigenvalue weighted by Gasteiger charge is 2.37. The molecule has 1 aliphatic rings. The molecule has 1 rings (SSSR count). The number of carboxylic acid groups (broad SMARTS) is 1. The average Bonchev–Trinajstić information content (AvgIpc) is 3.07. The Morgan fingerprint density at radius 2 is 1.88 bits per heavy atom. The van der Waals surface area contributed by atoms with Gasteiger partial charge in [-0.3, -0.25) is 14.4 Å². The lowest BCUT2D eigenvalue weighted by molar-refractivity contribution is -0.144. The molecule has 3 atom stereocenters. The molecular formula is C16H29N5O5. The zero-order chi connectivity index (χ0) is 19.7. The summed E-state index contributed by atoms with van der Waals surface area (Å²) in [6.07, 6.45) is 2.68. The third-order valence-corrected chi connectivity index (χ3v) is 4.42. The fraction of sp³-hybridized carbons (Fsp3) is 0.750. The number of amides is 3. The topological polar surface area (TPSA) is 182 Å². The van der Waals surface area contributed by atoms with Gasteiger partial charge < -0.3 is 32.5 Å². The van der Waals surface area contributed by atoms with Gasteiger partial charge in [0.2, 0.25) is 17.7 Å². The fourth-order valence-corrected chi connectivity index (χ4v) is 2.96. The summed E-state index contributed by atoms with van der Waals surface area (Å²) >= 11 is 0. The molecule has 0 spiro atoms. The third kappa shape index (κ3) is 6.60. The Labute approximate surface area is 152 Å². The van der Waals surface area contributed by atoms with E-state index in [1.807, 2.05) is 0 Å². The first-order valence-corrected chi connectivity index (χ1v) is 8.85. The summed E-state index contributed by atoms with van der Waals surface area (Å²) in [5.41, 5.74) is 16.3. The predicted octanol–water partition coefficient (Wildman–Crippen LogP) is -1.73. The number of primary amides is 1. The van der Waals surface area contributed by atoms with Crippen LogP contribution in [0.25, 0.3) is 0 Å². The van der Waals surface area contributed by atoms with Crippen molar-refractivity contribution in [2.75, 3.05) is 13.1 Å². The molecule has 0 aliphatic carbocycles. The van der Waals surface area contributed by atoms with Crippen LogP contribution in [0.3, 0.4) is 0 Å². The van der Waals surface area contributed by atoms with Crippen molar-refractivity contribution in [3.8, 4) is 0 Å². The summed E-state index contributed by atoms with van der Waals surface area (Å²) in [6, 6.07) is -2.69. The van der Waals surface area contributed by atoms with Gasteiger partial charge in [-0.05, 0) is 45.1 Å². The third-order valence-electron chi connectivity index (χ3n) is 4.42. The lowest BCUT2D eigenvalue weighted by Gasteiger charge is -2.27. The minimum Gasteiger partial charge on any atom is -0.480 e. The van der Waals surface area contributed by atoms with Gasteiger partial charge in [0.05, 0.1) is 6.04 Å². The minimum atomic E-state index is -1.12. The van der Waals surface area contributed by atoms with Crippen molar-refractivity contribution in [3.63, 3.8) is 0 Å². The van der Waals surface area contributed by atoms with Gasteiger partial charge in [-0.2, -0.15) is 0 Å². The van der Waals surface area contributed by atoms with Crippen molar-refractivity contribution in [1.29, 1.82) is 0 Å². The maximum absolute atomic E-state index is 12.5. The summed E-state index contributed by atoms with van der Waals surface area (Å²) in [5, 5.41) is 11.8. The van der Waals surface area contributed by atoms with Crippen LogP contribution in [-0.2, 0) is 19.2 Å². The van der Waals surface area contributed by atoms with E-state index in [-0.39, 0.29) is 19.3 Å². The second-order valence-electron chi connectivity index (χ2n) is 6.49. The Hall–Kier alpha value is -2.20. The number of carbonyl (C=O) groups is 4. The van der Waals surface area contributed by atoms with E-state index in [1.165, 1.54) is 4.90 Å². The maximum Gasteiger partial charge on any atom is 0.326 e. The van der Waals surface area contributed by atoms with E-state index in [9.17, 15) is 24.3 Å². The molecule has 1 heterocycles. The highest BCUT2D eigenvalue weighted by molar-refractivity contribution is 5.92. The molecular weight excluding hydrogens is 342 g/mol. The van der Waals surface area contributed by atoms with Crippen LogP contribution in [0.5, 0.6) is 0 Å². The number of hydrogen-bond donors (Lipinski definition) is 5. The monoisotopic (exact) mass is 371 g/mol. The van der Waals surface area contributed by atoms with Gasteiger partial charge in [0.1, 0.15) is 12.1 Å². The summed E-state index contributed by atoms with van der Waals surface area (Å²) in [4.78, 5) is 48.4. The first kappa shape index (κ1) is 21.8. The smallest absolute Gasteiger partial charge is 0.326 e. The highest BCUT2D eigenvalue weighted by Crippen LogP contribution is 2.19. The Morgan fingerprint density at radius 3 is 2.46 bits per heavy atom. The normalized spacial score (nSPS) is 19.0. The molecule has 148 valence electrons. The summed E-state index contributed by atoms with van der Waals surface area (Å²) < 4.78 is 0. The van der Waals surface area contributed by atoms with Crippen molar-refractivity contribution >= 4 is 23.7 Å². The van der Waals surface area contributed by atoms with Gasteiger partial charge in [0.15, 0.2) is 0 Å². The molecule has 26 heavy (non-hydrogen) atoms. The molecule has 10 heteroatoms. The Morgan fingerprint density at radius 1 is 1.19 bits per heavy atom. The van der Waals surface area contributed by atoms with Gasteiger partial charge in [-0.25, -0.2) is 4.79 Å². The number of unbranched alkanes of at least 4 members (excludes halogenated alkanes) is 1. The van der Waals surface area contributed by atoms with Crippen LogP contribution in [0.15, 0.2) is 0 Å². The van der Waals surface area contributed by atoms with Gasteiger partial charge in [0.25, 0.3) is 0 Å². The van der Waals surface area contributed by atoms with Crippen molar-refractivity contribution in [2.45, 2.75) is 63.1 Å². The van der Waals surface area contributed by atoms with Gasteiger partial charge in [-0.15, -0.1) is 0 Å². The average molecular weight is 371 g/mol. The van der Waals surface area contributed by atoms with Crippen LogP contribution in [0, 0.1) is 0 Å². The lowest BCUT2D eigenvalue weighted by Crippen LogP contribution is -2.54. The molecule has 1 fully saturated rings. The number of aliphatic carboxylic acids is 1. The standard InChI is InChI=1S/C16H29N5O5/c17-8-2-1-4-11(16(25)26)20-14(23)12-5-3-9-21(12)15(24)10(18)6-7-13(19)22/h10-12H,1-9,17-18H2,(H2,19,22)(H,20,23)(H,25,26). The second-order valence-corrected chi connectivity index (χ2v) is 6.49. The summed E-state index contributed by atoms with van der Waals surface area (Å²) in [7, 11) is 0. The molecule has 10 nitrogen and oxygen atoms in total. The highest BCUT2D eigenvalue weighted by atomic mass is 16.4. The Balaban J connectivity index is 2.66. The SMILES string of the molecule is NCCCCC(NC(=O)C1CCCN1C(=O)C(N)CCC(N)=O)C(=O)O.